The molecular formula is C19H33O6P. The summed E-state index contributed by atoms with van der Waals surface area (Å²) in [4.78, 5) is 11.6. The second-order valence-electron chi connectivity index (χ2n) is 5.92. The Morgan fingerprint density at radius 3 is 2.04 bits per heavy atom. The maximum absolute atomic E-state index is 12.5. The lowest BCUT2D eigenvalue weighted by Crippen LogP contribution is -2.03. The van der Waals surface area contributed by atoms with Crippen LogP contribution in [0.25, 0.3) is 0 Å². The first-order valence-corrected chi connectivity index (χ1v) is 10.4. The van der Waals surface area contributed by atoms with Gasteiger partial charge in [0.05, 0.1) is 26.4 Å². The Labute approximate surface area is 157 Å². The molecule has 0 aliphatic carbocycles. The number of esters is 1. The van der Waals surface area contributed by atoms with E-state index in [0.29, 0.717) is 12.8 Å². The zero-order valence-electron chi connectivity index (χ0n) is 16.9. The highest BCUT2D eigenvalue weighted by Crippen LogP contribution is 2.51. The zero-order valence-corrected chi connectivity index (χ0v) is 17.8. The third-order valence-electron chi connectivity index (χ3n) is 3.26. The van der Waals surface area contributed by atoms with Gasteiger partial charge in [0.15, 0.2) is 0 Å². The monoisotopic (exact) mass is 388 g/mol. The molecule has 0 aromatic carbocycles. The Morgan fingerprint density at radius 2 is 1.54 bits per heavy atom. The second kappa shape index (κ2) is 13.8. The molecule has 0 aromatic heterocycles. The molecule has 0 N–H and O–H groups in total. The summed E-state index contributed by atoms with van der Waals surface area (Å²) in [6, 6.07) is 0. The van der Waals surface area contributed by atoms with Crippen molar-refractivity contribution in [3.63, 3.8) is 0 Å². The molecule has 26 heavy (non-hydrogen) atoms. The number of carbonyl (C=O) groups is 1. The second-order valence-corrected chi connectivity index (χ2v) is 7.51. The highest BCUT2D eigenvalue weighted by molar-refractivity contribution is 7.48. The van der Waals surface area contributed by atoms with Crippen LogP contribution in [0.4, 0.5) is 0 Å². The van der Waals surface area contributed by atoms with E-state index in [0.717, 1.165) is 12.8 Å². The standard InChI is InChI=1S/C19H33O6P/c1-7-23-26(21,24-8-2)25-18(15-19(20)22-6)14-10-13-17(5)12-9-11-16(3)4/h11,13,15H,7-10,12,14H2,1-6H3/b17-13+,18-15-. The van der Waals surface area contributed by atoms with Crippen LogP contribution in [0.15, 0.2) is 35.1 Å². The number of carbonyl (C=O) groups excluding carboxylic acids is 1. The maximum Gasteiger partial charge on any atom is 0.529 e. The molecule has 0 bridgehead atoms. The summed E-state index contributed by atoms with van der Waals surface area (Å²) < 4.78 is 32.8. The van der Waals surface area contributed by atoms with Gasteiger partial charge in [0.25, 0.3) is 0 Å². The van der Waals surface area contributed by atoms with E-state index >= 15 is 0 Å². The highest BCUT2D eigenvalue weighted by Gasteiger charge is 2.28. The Bertz CT molecular complexity index is 548. The predicted octanol–water partition coefficient (Wildman–Crippen LogP) is 5.71. The molecule has 0 amide bonds. The lowest BCUT2D eigenvalue weighted by molar-refractivity contribution is -0.135. The van der Waals surface area contributed by atoms with E-state index in [2.05, 4.69) is 37.7 Å². The summed E-state index contributed by atoms with van der Waals surface area (Å²) in [6.07, 6.45) is 8.45. The van der Waals surface area contributed by atoms with E-state index in [1.807, 2.05) is 0 Å². The van der Waals surface area contributed by atoms with Crippen molar-refractivity contribution in [3.8, 4) is 0 Å². The first-order valence-electron chi connectivity index (χ1n) is 8.92. The predicted molar refractivity (Wildman–Crippen MR) is 104 cm³/mol. The lowest BCUT2D eigenvalue weighted by Gasteiger charge is -2.18. The van der Waals surface area contributed by atoms with Crippen LogP contribution >= 0.6 is 7.82 Å². The van der Waals surface area contributed by atoms with Gasteiger partial charge >= 0.3 is 13.8 Å². The molecule has 0 rings (SSSR count). The molecule has 0 aliphatic heterocycles. The largest absolute Gasteiger partial charge is 0.529 e. The Balaban J connectivity index is 4.95. The number of methoxy groups -OCH3 is 1. The van der Waals surface area contributed by atoms with Crippen molar-refractivity contribution in [3.05, 3.63) is 35.1 Å². The normalized spacial score (nSPS) is 12.7. The van der Waals surface area contributed by atoms with Gasteiger partial charge in [0, 0.05) is 6.42 Å². The number of phosphoric ester groups is 1. The van der Waals surface area contributed by atoms with E-state index in [-0.39, 0.29) is 19.0 Å². The van der Waals surface area contributed by atoms with Crippen molar-refractivity contribution in [2.24, 2.45) is 0 Å². The third-order valence-corrected chi connectivity index (χ3v) is 4.87. The van der Waals surface area contributed by atoms with Crippen LogP contribution in [-0.2, 0) is 27.7 Å². The van der Waals surface area contributed by atoms with Gasteiger partial charge in [-0.1, -0.05) is 23.3 Å². The summed E-state index contributed by atoms with van der Waals surface area (Å²) in [6.45, 7) is 9.95. The van der Waals surface area contributed by atoms with Crippen molar-refractivity contribution in [2.75, 3.05) is 20.3 Å². The summed E-state index contributed by atoms with van der Waals surface area (Å²) >= 11 is 0. The fourth-order valence-corrected chi connectivity index (χ4v) is 3.28. The molecule has 0 fully saturated rings. The lowest BCUT2D eigenvalue weighted by atomic mass is 10.1. The summed E-state index contributed by atoms with van der Waals surface area (Å²) in [5, 5.41) is 0. The van der Waals surface area contributed by atoms with Gasteiger partial charge in [0.1, 0.15) is 5.76 Å². The number of rotatable bonds is 13. The van der Waals surface area contributed by atoms with Crippen molar-refractivity contribution >= 4 is 13.8 Å². The van der Waals surface area contributed by atoms with Gasteiger partial charge in [0.2, 0.25) is 0 Å². The highest BCUT2D eigenvalue weighted by atomic mass is 31.2. The number of hydrogen-bond acceptors (Lipinski definition) is 6. The Kier molecular flexibility index (Phi) is 13.1. The van der Waals surface area contributed by atoms with Crippen LogP contribution < -0.4 is 0 Å². The van der Waals surface area contributed by atoms with E-state index in [4.69, 9.17) is 13.6 Å². The number of ether oxygens (including phenoxy) is 1. The van der Waals surface area contributed by atoms with E-state index in [1.165, 1.54) is 24.3 Å². The molecule has 6 nitrogen and oxygen atoms in total. The molecule has 150 valence electrons. The van der Waals surface area contributed by atoms with E-state index in [1.54, 1.807) is 13.8 Å². The molecule has 0 atom stereocenters. The van der Waals surface area contributed by atoms with Gasteiger partial charge in [-0.3, -0.25) is 9.05 Å². The van der Waals surface area contributed by atoms with Crippen molar-refractivity contribution in [1.29, 1.82) is 0 Å². The molecule has 0 aliphatic rings. The first kappa shape index (κ1) is 24.6. The van der Waals surface area contributed by atoms with Crippen LogP contribution in [0.2, 0.25) is 0 Å². The number of hydrogen-bond donors (Lipinski definition) is 0. The summed E-state index contributed by atoms with van der Waals surface area (Å²) in [7, 11) is -2.47. The third kappa shape index (κ3) is 12.1. The van der Waals surface area contributed by atoms with Crippen molar-refractivity contribution in [2.45, 2.75) is 60.3 Å². The Hall–Kier alpha value is -1.36. The Morgan fingerprint density at radius 1 is 0.962 bits per heavy atom. The van der Waals surface area contributed by atoms with Crippen molar-refractivity contribution in [1.82, 2.24) is 0 Å². The molecule has 0 spiro atoms. The molecule has 0 radical (unpaired) electrons. The quantitative estimate of drug-likeness (QED) is 0.132. The van der Waals surface area contributed by atoms with Crippen molar-refractivity contribution < 1.29 is 27.7 Å². The molecular weight excluding hydrogens is 355 g/mol. The van der Waals surface area contributed by atoms with Gasteiger partial charge in [-0.2, -0.15) is 0 Å². The molecule has 0 heterocycles. The number of allylic oxidation sites excluding steroid dienone is 5. The maximum atomic E-state index is 12.5. The average Bonchev–Trinajstić information content (AvgIpc) is 2.54. The van der Waals surface area contributed by atoms with Gasteiger partial charge in [-0.15, -0.1) is 0 Å². The topological polar surface area (TPSA) is 71.1 Å². The average molecular weight is 388 g/mol. The smallest absolute Gasteiger partial charge is 0.466 e. The van der Waals surface area contributed by atoms with Crippen LogP contribution in [0.1, 0.15) is 60.3 Å². The van der Waals surface area contributed by atoms with E-state index < -0.39 is 13.8 Å². The van der Waals surface area contributed by atoms with Gasteiger partial charge in [-0.05, 0) is 53.9 Å². The minimum Gasteiger partial charge on any atom is -0.466 e. The van der Waals surface area contributed by atoms with Gasteiger partial charge in [-0.25, -0.2) is 9.36 Å². The van der Waals surface area contributed by atoms with Crippen LogP contribution in [0, 0.1) is 0 Å². The molecule has 7 heteroatoms. The SMILES string of the molecule is CCOP(=O)(OCC)O/C(=C\C(=O)OC)CC/C=C(\C)CCC=C(C)C. The molecule has 0 saturated carbocycles. The van der Waals surface area contributed by atoms with Crippen LogP contribution in [-0.4, -0.2) is 26.3 Å². The number of phosphoric acid groups is 1. The zero-order chi connectivity index (χ0) is 20.0. The minimum absolute atomic E-state index is 0.173. The molecule has 0 aromatic rings. The summed E-state index contributed by atoms with van der Waals surface area (Å²) in [5.41, 5.74) is 2.55. The van der Waals surface area contributed by atoms with Crippen LogP contribution in [0.3, 0.4) is 0 Å². The molecule has 0 unspecified atom stereocenters. The van der Waals surface area contributed by atoms with Gasteiger partial charge < -0.3 is 9.26 Å². The fraction of sp³-hybridized carbons (Fsp3) is 0.632. The first-order chi connectivity index (χ1) is 12.3. The van der Waals surface area contributed by atoms with E-state index in [9.17, 15) is 9.36 Å². The molecule has 0 saturated heterocycles. The summed E-state index contributed by atoms with van der Waals surface area (Å²) in [5.74, 6) is -0.362. The minimum atomic E-state index is -3.74. The van der Waals surface area contributed by atoms with Crippen LogP contribution in [0.5, 0.6) is 0 Å². The fourth-order valence-electron chi connectivity index (χ4n) is 2.04.